The molecule has 0 bridgehead atoms. The number of rotatable bonds is 7. The normalized spacial score (nSPS) is 11.2. The number of aryl methyl sites for hydroxylation is 1. The average molecular weight is 479 g/mol. The van der Waals surface area contributed by atoms with Crippen LogP contribution in [0.3, 0.4) is 0 Å². The maximum atomic E-state index is 13.6. The van der Waals surface area contributed by atoms with Crippen molar-refractivity contribution in [1.29, 1.82) is 0 Å². The molecule has 0 aliphatic carbocycles. The molecule has 33 heavy (non-hydrogen) atoms. The van der Waals surface area contributed by atoms with Crippen LogP contribution in [0.4, 0.5) is 16.4 Å². The first-order valence-corrected chi connectivity index (χ1v) is 12.4. The van der Waals surface area contributed by atoms with Gasteiger partial charge in [0.05, 0.1) is 23.4 Å². The van der Waals surface area contributed by atoms with Crippen molar-refractivity contribution in [2.24, 2.45) is 0 Å². The Labute approximate surface area is 196 Å². The number of nitrogen functional groups attached to an aromatic ring is 1. The number of carbonyl (C=O) groups excluding carboxylic acids is 1. The van der Waals surface area contributed by atoms with E-state index in [1.807, 2.05) is 6.92 Å². The van der Waals surface area contributed by atoms with Gasteiger partial charge in [-0.25, -0.2) is 8.42 Å². The van der Waals surface area contributed by atoms with Crippen LogP contribution in [0.25, 0.3) is 0 Å². The summed E-state index contributed by atoms with van der Waals surface area (Å²) < 4.78 is 32.7. The molecular formula is C25H22N2O4S2. The fourth-order valence-electron chi connectivity index (χ4n) is 3.37. The van der Waals surface area contributed by atoms with Crippen LogP contribution in [0.15, 0.2) is 88.7 Å². The van der Waals surface area contributed by atoms with E-state index in [0.717, 1.165) is 16.9 Å². The summed E-state index contributed by atoms with van der Waals surface area (Å²) in [5.74, 6) is 0.186. The number of thiophene rings is 1. The van der Waals surface area contributed by atoms with Crippen molar-refractivity contribution in [2.45, 2.75) is 16.7 Å². The molecule has 0 aliphatic rings. The van der Waals surface area contributed by atoms with Crippen molar-refractivity contribution < 1.29 is 17.9 Å². The number of hydrogen-bond acceptors (Lipinski definition) is 7. The zero-order valence-corrected chi connectivity index (χ0v) is 19.7. The summed E-state index contributed by atoms with van der Waals surface area (Å²) in [7, 11) is -2.50. The molecule has 8 heteroatoms. The minimum atomic E-state index is -4.02. The Morgan fingerprint density at radius 2 is 1.58 bits per heavy atom. The number of benzene rings is 3. The SMILES string of the molecule is COc1ccccc1Nc1sc(C(=O)c2ccccc2)c(N)c1S(=O)(=O)c1ccc(C)cc1. The van der Waals surface area contributed by atoms with E-state index in [1.165, 1.54) is 19.2 Å². The highest BCUT2D eigenvalue weighted by atomic mass is 32.2. The number of hydrogen-bond donors (Lipinski definition) is 2. The molecule has 1 aromatic heterocycles. The van der Waals surface area contributed by atoms with Gasteiger partial charge in [-0.3, -0.25) is 4.79 Å². The maximum absolute atomic E-state index is 13.6. The van der Waals surface area contributed by atoms with Crippen LogP contribution in [-0.4, -0.2) is 21.3 Å². The summed E-state index contributed by atoms with van der Waals surface area (Å²) in [6.07, 6.45) is 0. The highest BCUT2D eigenvalue weighted by molar-refractivity contribution is 7.92. The zero-order valence-electron chi connectivity index (χ0n) is 18.0. The summed E-state index contributed by atoms with van der Waals surface area (Å²) in [6, 6.07) is 22.3. The monoisotopic (exact) mass is 478 g/mol. The minimum Gasteiger partial charge on any atom is -0.495 e. The molecule has 0 saturated carbocycles. The topological polar surface area (TPSA) is 98.5 Å². The van der Waals surface area contributed by atoms with Gasteiger partial charge in [0.15, 0.2) is 0 Å². The van der Waals surface area contributed by atoms with Gasteiger partial charge in [-0.05, 0) is 31.2 Å². The van der Waals surface area contributed by atoms with E-state index in [0.29, 0.717) is 17.0 Å². The quantitative estimate of drug-likeness (QED) is 0.343. The van der Waals surface area contributed by atoms with Gasteiger partial charge in [0.25, 0.3) is 0 Å². The molecule has 0 saturated heterocycles. The number of carbonyl (C=O) groups is 1. The molecule has 0 radical (unpaired) electrons. The summed E-state index contributed by atoms with van der Waals surface area (Å²) in [6.45, 7) is 1.88. The first-order chi connectivity index (χ1) is 15.8. The van der Waals surface area contributed by atoms with Crippen LogP contribution in [-0.2, 0) is 9.84 Å². The lowest BCUT2D eigenvalue weighted by atomic mass is 10.1. The van der Waals surface area contributed by atoms with Gasteiger partial charge in [0, 0.05) is 5.56 Å². The molecule has 4 aromatic rings. The number of nitrogens with one attached hydrogen (secondary N) is 1. The second kappa shape index (κ2) is 9.09. The molecule has 0 fully saturated rings. The Balaban J connectivity index is 1.90. The van der Waals surface area contributed by atoms with Crippen LogP contribution in [0.1, 0.15) is 20.8 Å². The molecule has 6 nitrogen and oxygen atoms in total. The fraction of sp³-hybridized carbons (Fsp3) is 0.0800. The van der Waals surface area contributed by atoms with Crippen LogP contribution < -0.4 is 15.8 Å². The van der Waals surface area contributed by atoms with E-state index in [9.17, 15) is 13.2 Å². The molecule has 3 aromatic carbocycles. The van der Waals surface area contributed by atoms with Gasteiger partial charge in [-0.15, -0.1) is 11.3 Å². The highest BCUT2D eigenvalue weighted by Crippen LogP contribution is 2.45. The standard InChI is InChI=1S/C25H22N2O4S2/c1-16-12-14-18(15-13-16)33(29,30)24-21(26)23(22(28)17-8-4-3-5-9-17)32-25(24)27-19-10-6-7-11-20(19)31-2/h3-15,27H,26H2,1-2H3. The third-order valence-electron chi connectivity index (χ3n) is 5.10. The van der Waals surface area contributed by atoms with Gasteiger partial charge in [0.2, 0.25) is 15.6 Å². The van der Waals surface area contributed by atoms with E-state index in [4.69, 9.17) is 10.5 Å². The lowest BCUT2D eigenvalue weighted by molar-refractivity contribution is 0.104. The Kier molecular flexibility index (Phi) is 6.22. The summed E-state index contributed by atoms with van der Waals surface area (Å²) in [5, 5.41) is 3.38. The number of anilines is 3. The van der Waals surface area contributed by atoms with E-state index < -0.39 is 9.84 Å². The number of nitrogens with two attached hydrogens (primary N) is 1. The average Bonchev–Trinajstić information content (AvgIpc) is 3.16. The van der Waals surface area contributed by atoms with E-state index >= 15 is 0 Å². The van der Waals surface area contributed by atoms with Crippen LogP contribution >= 0.6 is 11.3 Å². The lowest BCUT2D eigenvalue weighted by Gasteiger charge is -2.12. The van der Waals surface area contributed by atoms with Crippen molar-refractivity contribution in [3.63, 3.8) is 0 Å². The molecule has 1 heterocycles. The molecule has 0 unspecified atom stereocenters. The van der Waals surface area contributed by atoms with Crippen molar-refractivity contribution in [2.75, 3.05) is 18.2 Å². The summed E-state index contributed by atoms with van der Waals surface area (Å²) in [4.78, 5) is 13.3. The first-order valence-electron chi connectivity index (χ1n) is 10.1. The molecule has 3 N–H and O–H groups in total. The Morgan fingerprint density at radius 3 is 2.24 bits per heavy atom. The zero-order chi connectivity index (χ0) is 23.6. The second-order valence-electron chi connectivity index (χ2n) is 7.34. The highest BCUT2D eigenvalue weighted by Gasteiger charge is 2.32. The Hall–Kier alpha value is -3.62. The maximum Gasteiger partial charge on any atom is 0.211 e. The number of methoxy groups -OCH3 is 1. The third kappa shape index (κ3) is 4.35. The van der Waals surface area contributed by atoms with E-state index in [-0.39, 0.29) is 31.1 Å². The van der Waals surface area contributed by atoms with Gasteiger partial charge >= 0.3 is 0 Å². The third-order valence-corrected chi connectivity index (χ3v) is 8.20. The number of sulfone groups is 1. The van der Waals surface area contributed by atoms with E-state index in [2.05, 4.69) is 5.32 Å². The fourth-order valence-corrected chi connectivity index (χ4v) is 6.30. The molecule has 0 spiro atoms. The van der Waals surface area contributed by atoms with Crippen molar-refractivity contribution in [1.82, 2.24) is 0 Å². The minimum absolute atomic E-state index is 0.0770. The molecule has 0 aliphatic heterocycles. The van der Waals surface area contributed by atoms with Crippen molar-refractivity contribution >= 4 is 43.3 Å². The second-order valence-corrected chi connectivity index (χ2v) is 10.2. The van der Waals surface area contributed by atoms with Crippen molar-refractivity contribution in [3.8, 4) is 5.75 Å². The van der Waals surface area contributed by atoms with Gasteiger partial charge in [0.1, 0.15) is 20.5 Å². The predicted octanol–water partition coefficient (Wildman–Crippen LogP) is 5.45. The Morgan fingerprint density at radius 1 is 0.939 bits per heavy atom. The summed E-state index contributed by atoms with van der Waals surface area (Å²) in [5.41, 5.74) is 8.19. The van der Waals surface area contributed by atoms with Crippen LogP contribution in [0.2, 0.25) is 0 Å². The van der Waals surface area contributed by atoms with Gasteiger partial charge in [-0.2, -0.15) is 0 Å². The van der Waals surface area contributed by atoms with Crippen molar-refractivity contribution in [3.05, 3.63) is 94.9 Å². The first kappa shape index (κ1) is 22.6. The van der Waals surface area contributed by atoms with Gasteiger partial charge in [-0.1, -0.05) is 60.2 Å². The molecule has 0 amide bonds. The Bertz CT molecular complexity index is 1410. The number of para-hydroxylation sites is 2. The lowest BCUT2D eigenvalue weighted by Crippen LogP contribution is -2.08. The molecular weight excluding hydrogens is 456 g/mol. The van der Waals surface area contributed by atoms with Crippen LogP contribution in [0.5, 0.6) is 5.75 Å². The van der Waals surface area contributed by atoms with E-state index in [1.54, 1.807) is 66.7 Å². The summed E-state index contributed by atoms with van der Waals surface area (Å²) >= 11 is 1.01. The van der Waals surface area contributed by atoms with Crippen LogP contribution in [0, 0.1) is 6.92 Å². The predicted molar refractivity (Wildman–Crippen MR) is 132 cm³/mol. The smallest absolute Gasteiger partial charge is 0.211 e. The molecule has 168 valence electrons. The molecule has 0 atom stereocenters. The number of ketones is 1. The largest absolute Gasteiger partial charge is 0.495 e. The number of ether oxygens (including phenoxy) is 1. The van der Waals surface area contributed by atoms with Gasteiger partial charge < -0.3 is 15.8 Å². The molecule has 4 rings (SSSR count).